The number of phenols is 1. The van der Waals surface area contributed by atoms with Gasteiger partial charge in [0.25, 0.3) is 0 Å². The highest BCUT2D eigenvalue weighted by Gasteiger charge is 2.30. The number of anilines is 1. The van der Waals surface area contributed by atoms with Crippen LogP contribution in [0.3, 0.4) is 0 Å². The van der Waals surface area contributed by atoms with Crippen LogP contribution in [0.4, 0.5) is 19.9 Å². The minimum absolute atomic E-state index is 0. The first-order valence-corrected chi connectivity index (χ1v) is 17.8. The molecule has 2 heterocycles. The first-order valence-electron chi connectivity index (χ1n) is 17.8. The molecule has 0 bridgehead atoms. The van der Waals surface area contributed by atoms with Gasteiger partial charge in [-0.3, -0.25) is 19.1 Å². The Kier molecular flexibility index (Phi) is 12.7. The first-order chi connectivity index (χ1) is 25.2. The quantitative estimate of drug-likeness (QED) is 0.0856. The molecule has 1 atom stereocenters. The van der Waals surface area contributed by atoms with Crippen LogP contribution in [0.2, 0.25) is 0 Å². The molecule has 12 nitrogen and oxygen atoms in total. The Morgan fingerprint density at radius 1 is 0.963 bits per heavy atom. The Bertz CT molecular complexity index is 2260. The molecule has 0 spiro atoms. The number of benzene rings is 4. The van der Waals surface area contributed by atoms with E-state index in [9.17, 15) is 24.9 Å². The molecule has 14 heteroatoms. The lowest BCUT2D eigenvalue weighted by Crippen LogP contribution is -2.44. The molecule has 54 heavy (non-hydrogen) atoms. The van der Waals surface area contributed by atoms with Gasteiger partial charge in [-0.2, -0.15) is 0 Å². The maximum absolute atomic E-state index is 12.7. The van der Waals surface area contributed by atoms with Crippen molar-refractivity contribution in [2.45, 2.75) is 69.8 Å². The Morgan fingerprint density at radius 2 is 1.72 bits per heavy atom. The van der Waals surface area contributed by atoms with Gasteiger partial charge in [0, 0.05) is 48.7 Å². The molecule has 0 aliphatic heterocycles. The van der Waals surface area contributed by atoms with Crippen LogP contribution in [-0.2, 0) is 19.5 Å². The summed E-state index contributed by atoms with van der Waals surface area (Å²) in [5, 5.41) is 44.2. The number of fused-ring (bicyclic) bond motifs is 2. The van der Waals surface area contributed by atoms with E-state index in [2.05, 4.69) is 26.7 Å². The fourth-order valence-electron chi connectivity index (χ4n) is 7.35. The van der Waals surface area contributed by atoms with E-state index in [0.29, 0.717) is 35.2 Å². The zero-order chi connectivity index (χ0) is 36.2. The van der Waals surface area contributed by atoms with Crippen molar-refractivity contribution in [3.05, 3.63) is 118 Å². The van der Waals surface area contributed by atoms with Gasteiger partial charge in [0.2, 0.25) is 5.56 Å². The third-order valence-corrected chi connectivity index (χ3v) is 10.1. The Labute approximate surface area is 310 Å². The van der Waals surface area contributed by atoms with E-state index in [1.165, 1.54) is 12.1 Å². The summed E-state index contributed by atoms with van der Waals surface area (Å²) < 4.78 is 1.89. The lowest BCUT2D eigenvalue weighted by atomic mass is 9.89. The van der Waals surface area contributed by atoms with Crippen LogP contribution < -0.4 is 21.5 Å². The molecule has 7 rings (SSSR count). The lowest BCUT2D eigenvalue weighted by molar-refractivity contribution is 0.176. The van der Waals surface area contributed by atoms with Gasteiger partial charge >= 0.3 is 6.09 Å². The predicted octanol–water partition coefficient (Wildman–Crippen LogP) is 6.16. The van der Waals surface area contributed by atoms with Crippen LogP contribution in [-0.4, -0.2) is 60.0 Å². The third-order valence-electron chi connectivity index (χ3n) is 10.1. The summed E-state index contributed by atoms with van der Waals surface area (Å²) in [6.07, 6.45) is 2.83. The Hall–Kier alpha value is -5.70. The third kappa shape index (κ3) is 8.57. The number of halogens is 2. The number of nitrogens with one attached hydrogen (secondary N) is 2. The number of aromatic nitrogens is 4. The minimum Gasteiger partial charge on any atom is -0.506 e. The number of carbonyl (C=O) groups is 1. The molecule has 1 aliphatic rings. The van der Waals surface area contributed by atoms with Gasteiger partial charge in [0.1, 0.15) is 11.3 Å². The maximum Gasteiger partial charge on any atom is 0.412 e. The van der Waals surface area contributed by atoms with Crippen LogP contribution >= 0.6 is 0 Å². The summed E-state index contributed by atoms with van der Waals surface area (Å²) in [4.78, 5) is 28.7. The normalized spacial score (nSPS) is 16.0. The van der Waals surface area contributed by atoms with Gasteiger partial charge in [-0.25, -0.2) is 9.48 Å². The fraction of sp³-hybridized carbons (Fsp3) is 0.300. The number of carboxylic acid groups (broad SMARTS) is 1. The number of phenolic OH excluding ortho intramolecular Hbond substituents is 1. The van der Waals surface area contributed by atoms with Crippen molar-refractivity contribution in [2.24, 2.45) is 5.73 Å². The largest absolute Gasteiger partial charge is 0.506 e. The van der Waals surface area contributed by atoms with E-state index in [1.807, 2.05) is 65.3 Å². The number of aromatic amines is 1. The van der Waals surface area contributed by atoms with Crippen LogP contribution in [0.5, 0.6) is 5.75 Å². The molecule has 6 aromatic rings. The van der Waals surface area contributed by atoms with Crippen molar-refractivity contribution in [1.29, 1.82) is 0 Å². The first kappa shape index (κ1) is 39.5. The van der Waals surface area contributed by atoms with Crippen molar-refractivity contribution < 1.29 is 29.5 Å². The number of hydrogen-bond donors (Lipinski definition) is 6. The second kappa shape index (κ2) is 17.4. The summed E-state index contributed by atoms with van der Waals surface area (Å²) in [7, 11) is 0. The number of rotatable bonds is 12. The highest BCUT2D eigenvalue weighted by molar-refractivity contribution is 5.94. The molecule has 0 unspecified atom stereocenters. The van der Waals surface area contributed by atoms with Crippen LogP contribution in [0.15, 0.2) is 95.8 Å². The van der Waals surface area contributed by atoms with Crippen molar-refractivity contribution >= 4 is 33.7 Å². The number of aliphatic hydroxyl groups excluding tert-OH is 1. The van der Waals surface area contributed by atoms with Crippen LogP contribution in [0.25, 0.3) is 33.1 Å². The van der Waals surface area contributed by atoms with Crippen molar-refractivity contribution in [3.63, 3.8) is 0 Å². The van der Waals surface area contributed by atoms with Crippen molar-refractivity contribution in [2.75, 3.05) is 11.4 Å². The molecule has 1 aliphatic carbocycles. The fourth-order valence-corrected chi connectivity index (χ4v) is 7.35. The molecule has 7 N–H and O–H groups in total. The number of hydrogen-bond acceptors (Lipinski definition) is 8. The van der Waals surface area contributed by atoms with Gasteiger partial charge in [-0.15, -0.1) is 5.10 Å². The van der Waals surface area contributed by atoms with Crippen molar-refractivity contribution in [1.82, 2.24) is 25.3 Å². The Balaban J connectivity index is 0.00000280. The Morgan fingerprint density at radius 3 is 2.48 bits per heavy atom. The zero-order valence-corrected chi connectivity index (χ0v) is 29.6. The topological polar surface area (TPSA) is 183 Å². The van der Waals surface area contributed by atoms with E-state index in [4.69, 9.17) is 5.73 Å². The average molecular weight is 742 g/mol. The van der Waals surface area contributed by atoms with E-state index in [-0.39, 0.29) is 39.3 Å². The van der Waals surface area contributed by atoms with Gasteiger partial charge in [0.05, 0.1) is 22.8 Å². The highest BCUT2D eigenvalue weighted by Crippen LogP contribution is 2.36. The van der Waals surface area contributed by atoms with Gasteiger partial charge in [-0.05, 0) is 91.1 Å². The van der Waals surface area contributed by atoms with Crippen LogP contribution in [0.1, 0.15) is 54.9 Å². The summed E-state index contributed by atoms with van der Waals surface area (Å²) >= 11 is 0. The number of nitrogens with two attached hydrogens (primary N) is 1. The monoisotopic (exact) mass is 741 g/mol. The number of aryl methyl sites for hydroxylation is 2. The summed E-state index contributed by atoms with van der Waals surface area (Å²) in [5.74, 6) is -0.0483. The number of H-pyrrole nitrogens is 1. The minimum atomic E-state index is -0.945. The molecular weight excluding hydrogens is 696 g/mol. The van der Waals surface area contributed by atoms with Gasteiger partial charge in [-0.1, -0.05) is 59.8 Å². The molecule has 1 saturated carbocycles. The second-order valence-electron chi connectivity index (χ2n) is 13.6. The van der Waals surface area contributed by atoms with E-state index >= 15 is 0 Å². The van der Waals surface area contributed by atoms with Gasteiger partial charge < -0.3 is 31.4 Å². The summed E-state index contributed by atoms with van der Waals surface area (Å²) in [5.41, 5.74) is 13.1. The van der Waals surface area contributed by atoms with Crippen molar-refractivity contribution in [3.8, 4) is 16.9 Å². The van der Waals surface area contributed by atoms with E-state index < -0.39 is 12.2 Å². The smallest absolute Gasteiger partial charge is 0.412 e. The van der Waals surface area contributed by atoms with Crippen LogP contribution in [0, 0.1) is 0 Å². The molecule has 4 aromatic carbocycles. The van der Waals surface area contributed by atoms with E-state index in [1.54, 1.807) is 17.0 Å². The highest BCUT2D eigenvalue weighted by atomic mass is 19.0. The number of nitrogens with zero attached hydrogens (tertiary/aromatic N) is 4. The summed E-state index contributed by atoms with van der Waals surface area (Å²) in [6, 6.07) is 28.2. The SMILES string of the molecule is F.F.NC1CCC(N(C(=O)O)c2cc(CCCn3nnc4cc(CNC[C@@H](O)c5ccc(O)c6[nH]c(=O)ccc56)ccc43)ccc2-c2ccccc2)CC1. The molecule has 0 saturated heterocycles. The van der Waals surface area contributed by atoms with E-state index in [0.717, 1.165) is 71.8 Å². The van der Waals surface area contributed by atoms with Gasteiger partial charge in [0.15, 0.2) is 0 Å². The number of aliphatic hydroxyl groups is 1. The average Bonchev–Trinajstić information content (AvgIpc) is 3.55. The molecule has 284 valence electrons. The number of pyridine rings is 1. The lowest BCUT2D eigenvalue weighted by Gasteiger charge is -2.35. The number of amides is 1. The molecule has 0 radical (unpaired) electrons. The summed E-state index contributed by atoms with van der Waals surface area (Å²) in [6.45, 7) is 1.40. The molecule has 2 aromatic heterocycles. The standard InChI is InChI=1S/C40H43N7O5.2FH/c41-28-10-12-29(13-11-28)47(40(51)52)35-22-25(8-14-30(35)27-6-2-1-3-7-27)5-4-20-46-34-17-9-26(21-33(34)44-45-46)23-42-24-37(49)31-15-18-36(48)39-32(31)16-19-38(50)43-39;;/h1-3,6-9,14-19,21-22,28-29,37,42,48-49H,4-5,10-13,20,23-24,41H2,(H,43,50)(H,51,52);2*1H/t28?,29?,37-;;/m1../s1. The predicted molar refractivity (Wildman–Crippen MR) is 206 cm³/mol. The molecule has 1 fully saturated rings. The maximum atomic E-state index is 12.7. The molecular formula is C40H45F2N7O5. The second-order valence-corrected chi connectivity index (χ2v) is 13.6. The zero-order valence-electron chi connectivity index (χ0n) is 29.6. The number of aromatic hydroxyl groups is 1. The molecule has 1 amide bonds.